The van der Waals surface area contributed by atoms with Gasteiger partial charge in [0.1, 0.15) is 0 Å². The van der Waals surface area contributed by atoms with Gasteiger partial charge in [-0.2, -0.15) is 0 Å². The van der Waals surface area contributed by atoms with Crippen molar-refractivity contribution in [3.8, 4) is 0 Å². The van der Waals surface area contributed by atoms with Gasteiger partial charge in [0.15, 0.2) is 5.17 Å². The molecule has 1 unspecified atom stereocenters. The molecule has 0 bridgehead atoms. The predicted octanol–water partition coefficient (Wildman–Crippen LogP) is 7.35. The zero-order chi connectivity index (χ0) is 23.9. The Morgan fingerprint density at radius 3 is 2.73 bits per heavy atom. The monoisotopic (exact) mass is 481 g/mol. The lowest BCUT2D eigenvalue weighted by molar-refractivity contribution is -0.115. The molecule has 2 aromatic rings. The van der Waals surface area contributed by atoms with Gasteiger partial charge < -0.3 is 10.2 Å². The average molecular weight is 482 g/mol. The Labute approximate surface area is 206 Å². The molecule has 2 heterocycles. The number of fused-ring (bicyclic) bond motifs is 1. The Morgan fingerprint density at radius 1 is 1.24 bits per heavy atom. The largest absolute Gasteiger partial charge is 0.366 e. The standard InChI is InChI=1S/C27H32ClN3OS/c1-7-10-31-23-11-17(3)19(12-21(23)18(4)15-27(31,5)6)13-24-25(32)30-26(33-24)29-22-14-20(28)9-8-16(22)2/h8-9,11-14,18H,7,10,15H2,1-6H3,(H,29,30,32)/b24-13+. The third-order valence-electron chi connectivity index (χ3n) is 6.55. The zero-order valence-corrected chi connectivity index (χ0v) is 21.8. The molecule has 0 radical (unpaired) electrons. The second kappa shape index (κ2) is 9.19. The number of carbonyl (C=O) groups is 1. The molecular formula is C27H32ClN3OS. The summed E-state index contributed by atoms with van der Waals surface area (Å²) in [5.41, 5.74) is 6.89. The van der Waals surface area contributed by atoms with Crippen molar-refractivity contribution in [2.45, 2.75) is 65.8 Å². The van der Waals surface area contributed by atoms with Crippen LogP contribution >= 0.6 is 23.4 Å². The van der Waals surface area contributed by atoms with Crippen LogP contribution in [0.5, 0.6) is 0 Å². The fourth-order valence-corrected chi connectivity index (χ4v) is 5.88. The van der Waals surface area contributed by atoms with E-state index in [1.165, 1.54) is 28.6 Å². The van der Waals surface area contributed by atoms with Crippen LogP contribution < -0.4 is 10.2 Å². The number of aryl methyl sites for hydroxylation is 2. The number of thioether (sulfide) groups is 1. The average Bonchev–Trinajstić information content (AvgIpc) is 3.07. The van der Waals surface area contributed by atoms with Crippen LogP contribution in [0.1, 0.15) is 68.7 Å². The molecule has 1 amide bonds. The maximum atomic E-state index is 12.7. The molecule has 2 aliphatic heterocycles. The van der Waals surface area contributed by atoms with E-state index < -0.39 is 0 Å². The molecule has 2 aromatic carbocycles. The molecule has 0 aliphatic carbocycles. The van der Waals surface area contributed by atoms with Gasteiger partial charge in [0.05, 0.1) is 10.6 Å². The summed E-state index contributed by atoms with van der Waals surface area (Å²) in [6, 6.07) is 10.2. The minimum atomic E-state index is -0.114. The number of nitrogens with one attached hydrogen (secondary N) is 1. The van der Waals surface area contributed by atoms with Crippen molar-refractivity contribution in [2.75, 3.05) is 11.4 Å². The summed E-state index contributed by atoms with van der Waals surface area (Å²) in [7, 11) is 0. The first kappa shape index (κ1) is 23.9. The number of nitrogens with zero attached hydrogens (tertiary/aromatic N) is 2. The first-order valence-corrected chi connectivity index (χ1v) is 12.8. The predicted molar refractivity (Wildman–Crippen MR) is 143 cm³/mol. The van der Waals surface area contributed by atoms with Crippen molar-refractivity contribution in [1.82, 2.24) is 5.32 Å². The second-order valence-corrected chi connectivity index (χ2v) is 11.2. The Bertz CT molecular complexity index is 1170. The SMILES string of the molecule is CCCN1c2cc(C)c(/C=C3/SC(=Nc4cc(Cl)ccc4C)NC3=O)cc2C(C)CC1(C)C. The van der Waals surface area contributed by atoms with Crippen LogP contribution in [-0.4, -0.2) is 23.2 Å². The summed E-state index contributed by atoms with van der Waals surface area (Å²) < 4.78 is 0. The molecule has 2 aliphatic rings. The topological polar surface area (TPSA) is 44.7 Å². The maximum absolute atomic E-state index is 12.7. The number of halogens is 1. The van der Waals surface area contributed by atoms with Crippen LogP contribution in [-0.2, 0) is 4.79 Å². The van der Waals surface area contributed by atoms with E-state index in [0.29, 0.717) is 21.0 Å². The van der Waals surface area contributed by atoms with Gasteiger partial charge >= 0.3 is 0 Å². The van der Waals surface area contributed by atoms with Crippen molar-refractivity contribution in [3.05, 3.63) is 62.5 Å². The van der Waals surface area contributed by atoms with Crippen molar-refractivity contribution >= 4 is 51.9 Å². The number of carbonyl (C=O) groups excluding carboxylic acids is 1. The number of aliphatic imine (C=N–C) groups is 1. The number of hydrogen-bond acceptors (Lipinski definition) is 4. The highest BCUT2D eigenvalue weighted by molar-refractivity contribution is 8.18. The van der Waals surface area contributed by atoms with E-state index in [1.807, 2.05) is 31.2 Å². The quantitative estimate of drug-likeness (QED) is 0.464. The van der Waals surface area contributed by atoms with Crippen molar-refractivity contribution < 1.29 is 4.79 Å². The van der Waals surface area contributed by atoms with Gasteiger partial charge in [-0.3, -0.25) is 4.79 Å². The van der Waals surface area contributed by atoms with Gasteiger partial charge in [0.2, 0.25) is 0 Å². The van der Waals surface area contributed by atoms with Crippen LogP contribution in [0.25, 0.3) is 6.08 Å². The van der Waals surface area contributed by atoms with E-state index in [9.17, 15) is 4.79 Å². The minimum absolute atomic E-state index is 0.114. The maximum Gasteiger partial charge on any atom is 0.264 e. The van der Waals surface area contributed by atoms with E-state index in [0.717, 1.165) is 36.2 Å². The molecule has 0 saturated carbocycles. The molecule has 0 aromatic heterocycles. The number of rotatable bonds is 4. The lowest BCUT2D eigenvalue weighted by Crippen LogP contribution is -2.48. The normalized spacial score (nSPS) is 22.1. The second-order valence-electron chi connectivity index (χ2n) is 9.75. The number of amides is 1. The smallest absolute Gasteiger partial charge is 0.264 e. The summed E-state index contributed by atoms with van der Waals surface area (Å²) in [6.45, 7) is 14.4. The molecule has 1 N–H and O–H groups in total. The van der Waals surface area contributed by atoms with Gasteiger partial charge in [0.25, 0.3) is 5.91 Å². The first-order chi connectivity index (χ1) is 15.6. The Balaban J connectivity index is 1.67. The van der Waals surface area contributed by atoms with E-state index in [-0.39, 0.29) is 11.4 Å². The van der Waals surface area contributed by atoms with E-state index in [4.69, 9.17) is 11.6 Å². The summed E-state index contributed by atoms with van der Waals surface area (Å²) in [4.78, 5) is 20.5. The highest BCUT2D eigenvalue weighted by Gasteiger charge is 2.36. The number of anilines is 1. The van der Waals surface area contributed by atoms with E-state index in [2.05, 4.69) is 62.0 Å². The summed E-state index contributed by atoms with van der Waals surface area (Å²) in [6.07, 6.45) is 4.23. The molecule has 1 fully saturated rings. The summed E-state index contributed by atoms with van der Waals surface area (Å²) >= 11 is 7.50. The summed E-state index contributed by atoms with van der Waals surface area (Å²) in [5.74, 6) is 0.353. The molecule has 0 spiro atoms. The lowest BCUT2D eigenvalue weighted by Gasteiger charge is -2.48. The Kier molecular flexibility index (Phi) is 6.66. The van der Waals surface area contributed by atoms with Gasteiger partial charge in [0, 0.05) is 22.8 Å². The van der Waals surface area contributed by atoms with Crippen LogP contribution in [0.4, 0.5) is 11.4 Å². The molecule has 4 nitrogen and oxygen atoms in total. The van der Waals surface area contributed by atoms with Gasteiger partial charge in [-0.25, -0.2) is 4.99 Å². The third kappa shape index (κ3) is 4.85. The van der Waals surface area contributed by atoms with Gasteiger partial charge in [-0.1, -0.05) is 31.5 Å². The molecular weight excluding hydrogens is 450 g/mol. The number of amidine groups is 1. The summed E-state index contributed by atoms with van der Waals surface area (Å²) in [5, 5.41) is 4.11. The Hall–Kier alpha value is -2.24. The van der Waals surface area contributed by atoms with Gasteiger partial charge in [-0.05, 0) is 111 Å². The fourth-order valence-electron chi connectivity index (χ4n) is 4.89. The molecule has 33 heavy (non-hydrogen) atoms. The molecule has 6 heteroatoms. The van der Waals surface area contributed by atoms with Crippen LogP contribution in [0.3, 0.4) is 0 Å². The molecule has 1 saturated heterocycles. The lowest BCUT2D eigenvalue weighted by atomic mass is 9.79. The molecule has 174 valence electrons. The number of hydrogen-bond donors (Lipinski definition) is 1. The molecule has 1 atom stereocenters. The van der Waals surface area contributed by atoms with Crippen molar-refractivity contribution in [2.24, 2.45) is 4.99 Å². The van der Waals surface area contributed by atoms with Crippen molar-refractivity contribution in [1.29, 1.82) is 0 Å². The van der Waals surface area contributed by atoms with Crippen LogP contribution in [0.15, 0.2) is 40.2 Å². The van der Waals surface area contributed by atoms with E-state index in [1.54, 1.807) is 0 Å². The highest BCUT2D eigenvalue weighted by Crippen LogP contribution is 2.45. The van der Waals surface area contributed by atoms with Gasteiger partial charge in [-0.15, -0.1) is 0 Å². The first-order valence-electron chi connectivity index (χ1n) is 11.6. The zero-order valence-electron chi connectivity index (χ0n) is 20.3. The van der Waals surface area contributed by atoms with E-state index >= 15 is 0 Å². The minimum Gasteiger partial charge on any atom is -0.366 e. The third-order valence-corrected chi connectivity index (χ3v) is 7.70. The highest BCUT2D eigenvalue weighted by atomic mass is 35.5. The molecule has 4 rings (SSSR count). The fraction of sp³-hybridized carbons (Fsp3) is 0.407. The van der Waals surface area contributed by atoms with Crippen molar-refractivity contribution in [3.63, 3.8) is 0 Å². The number of benzene rings is 2. The Morgan fingerprint density at radius 2 is 2.00 bits per heavy atom. The van der Waals surface area contributed by atoms with Crippen LogP contribution in [0.2, 0.25) is 5.02 Å². The van der Waals surface area contributed by atoms with Crippen LogP contribution in [0, 0.1) is 13.8 Å².